The van der Waals surface area contributed by atoms with Gasteiger partial charge in [0.05, 0.1) is 25.1 Å². The van der Waals surface area contributed by atoms with Crippen LogP contribution in [0.3, 0.4) is 0 Å². The minimum absolute atomic E-state index is 0. The molecule has 29 heavy (non-hydrogen) atoms. The van der Waals surface area contributed by atoms with Gasteiger partial charge < -0.3 is 20.1 Å². The predicted octanol–water partition coefficient (Wildman–Crippen LogP) is 1.31. The van der Waals surface area contributed by atoms with Crippen LogP contribution in [0, 0.1) is 0 Å². The Bertz CT molecular complexity index is 763. The molecule has 0 bridgehead atoms. The molecule has 2 aliphatic heterocycles. The zero-order valence-electron chi connectivity index (χ0n) is 16.8. The number of morpholine rings is 1. The molecule has 2 aliphatic rings. The molecule has 0 aliphatic carbocycles. The molecule has 2 N–H and O–H groups in total. The predicted molar refractivity (Wildman–Crippen MR) is 124 cm³/mol. The molecule has 0 aromatic heterocycles. The largest absolute Gasteiger partial charge is 0.379 e. The monoisotopic (exact) mass is 538 g/mol. The Morgan fingerprint density at radius 1 is 1.17 bits per heavy atom. The minimum atomic E-state index is -3.36. The van der Waals surface area contributed by atoms with Crippen LogP contribution >= 0.6 is 24.0 Å². The summed E-state index contributed by atoms with van der Waals surface area (Å²) in [5.41, 5.74) is 1.75. The Kier molecular flexibility index (Phi) is 10.1. The highest BCUT2D eigenvalue weighted by Crippen LogP contribution is 2.16. The van der Waals surface area contributed by atoms with Gasteiger partial charge in [0.1, 0.15) is 0 Å². The van der Waals surface area contributed by atoms with Crippen LogP contribution in [-0.4, -0.2) is 71.3 Å². The van der Waals surface area contributed by atoms with Crippen molar-refractivity contribution in [2.24, 2.45) is 4.99 Å². The van der Waals surface area contributed by atoms with Crippen molar-refractivity contribution >= 4 is 40.0 Å². The number of ether oxygens (including phenoxy) is 2. The average Bonchev–Trinajstić information content (AvgIpc) is 3.23. The third kappa shape index (κ3) is 7.35. The van der Waals surface area contributed by atoms with Gasteiger partial charge in [0.2, 0.25) is 10.0 Å². The number of rotatable bonds is 7. The van der Waals surface area contributed by atoms with Crippen LogP contribution in [0.15, 0.2) is 29.3 Å². The molecule has 0 amide bonds. The van der Waals surface area contributed by atoms with E-state index in [-0.39, 0.29) is 35.8 Å². The summed E-state index contributed by atoms with van der Waals surface area (Å²) in [5, 5.41) is 6.54. The van der Waals surface area contributed by atoms with Crippen molar-refractivity contribution in [3.63, 3.8) is 0 Å². The molecule has 0 radical (unpaired) electrons. The smallest absolute Gasteiger partial charge is 0.218 e. The van der Waals surface area contributed by atoms with E-state index in [1.54, 1.807) is 7.05 Å². The summed E-state index contributed by atoms with van der Waals surface area (Å²) in [5.74, 6) is 0.675. The Labute approximate surface area is 190 Å². The van der Waals surface area contributed by atoms with Crippen molar-refractivity contribution in [2.45, 2.75) is 31.2 Å². The lowest BCUT2D eigenvalue weighted by Crippen LogP contribution is -2.42. The van der Waals surface area contributed by atoms with Crippen molar-refractivity contribution in [3.8, 4) is 0 Å². The Balaban J connectivity index is 0.00000300. The van der Waals surface area contributed by atoms with Crippen molar-refractivity contribution < 1.29 is 17.9 Å². The number of nitrogens with zero attached hydrogens (tertiary/aromatic N) is 2. The Hall–Kier alpha value is -0.950. The first kappa shape index (κ1) is 24.3. The highest BCUT2D eigenvalue weighted by atomic mass is 127. The summed E-state index contributed by atoms with van der Waals surface area (Å²) < 4.78 is 37.9. The number of aliphatic imine (C=N–C) groups is 1. The van der Waals surface area contributed by atoms with Crippen LogP contribution in [-0.2, 0) is 31.8 Å². The summed E-state index contributed by atoms with van der Waals surface area (Å²) in [6.45, 7) is 3.78. The lowest BCUT2D eigenvalue weighted by molar-refractivity contribution is 0.0729. The first-order valence-electron chi connectivity index (χ1n) is 9.77. The molecule has 10 heteroatoms. The van der Waals surface area contributed by atoms with Crippen LogP contribution in [0.25, 0.3) is 0 Å². The summed E-state index contributed by atoms with van der Waals surface area (Å²) in [4.78, 5) is 4.24. The molecule has 1 unspecified atom stereocenters. The summed E-state index contributed by atoms with van der Waals surface area (Å²) in [6.07, 6.45) is 2.39. The zero-order chi connectivity index (χ0) is 19.8. The molecule has 1 aromatic rings. The van der Waals surface area contributed by atoms with E-state index in [1.165, 1.54) is 4.31 Å². The van der Waals surface area contributed by atoms with Crippen molar-refractivity contribution in [2.75, 3.05) is 46.5 Å². The molecular formula is C19H31IN4O4S. The van der Waals surface area contributed by atoms with Gasteiger partial charge in [-0.3, -0.25) is 4.99 Å². The van der Waals surface area contributed by atoms with E-state index in [1.807, 2.05) is 24.3 Å². The van der Waals surface area contributed by atoms with Crippen LogP contribution < -0.4 is 10.6 Å². The molecule has 3 rings (SSSR count). The van der Waals surface area contributed by atoms with E-state index in [9.17, 15) is 8.42 Å². The highest BCUT2D eigenvalue weighted by molar-refractivity contribution is 14.0. The van der Waals surface area contributed by atoms with E-state index >= 15 is 0 Å². The number of sulfonamides is 1. The summed E-state index contributed by atoms with van der Waals surface area (Å²) >= 11 is 0. The van der Waals surface area contributed by atoms with Gasteiger partial charge in [-0.05, 0) is 24.0 Å². The molecule has 1 aromatic carbocycles. The van der Waals surface area contributed by atoms with Gasteiger partial charge in [-0.25, -0.2) is 8.42 Å². The molecule has 1 atom stereocenters. The van der Waals surface area contributed by atoms with Gasteiger partial charge in [0, 0.05) is 39.8 Å². The van der Waals surface area contributed by atoms with Crippen LogP contribution in [0.5, 0.6) is 0 Å². The van der Waals surface area contributed by atoms with Crippen LogP contribution in [0.1, 0.15) is 24.0 Å². The fraction of sp³-hybridized carbons (Fsp3) is 0.632. The van der Waals surface area contributed by atoms with Crippen LogP contribution in [0.4, 0.5) is 0 Å². The van der Waals surface area contributed by atoms with E-state index in [0.29, 0.717) is 45.4 Å². The van der Waals surface area contributed by atoms with Gasteiger partial charge in [0.15, 0.2) is 5.96 Å². The molecule has 0 saturated carbocycles. The van der Waals surface area contributed by atoms with Crippen molar-refractivity contribution in [1.82, 2.24) is 14.9 Å². The number of halogens is 1. The zero-order valence-corrected chi connectivity index (χ0v) is 19.9. The quantitative estimate of drug-likeness (QED) is 0.309. The maximum absolute atomic E-state index is 12.8. The van der Waals surface area contributed by atoms with E-state index in [4.69, 9.17) is 9.47 Å². The summed E-state index contributed by atoms with van der Waals surface area (Å²) in [6, 6.07) is 7.62. The van der Waals surface area contributed by atoms with E-state index in [2.05, 4.69) is 15.6 Å². The van der Waals surface area contributed by atoms with Crippen molar-refractivity contribution in [3.05, 3.63) is 35.4 Å². The minimum Gasteiger partial charge on any atom is -0.379 e. The molecule has 2 saturated heterocycles. The lowest BCUT2D eigenvalue weighted by atomic mass is 10.1. The lowest BCUT2D eigenvalue weighted by Gasteiger charge is -2.26. The standard InChI is InChI=1S/C19H30N4O4S.HI/c1-20-19(22-14-18-7-4-10-27-18)21-13-16-5-2-3-6-17(16)15-28(24,25)23-8-11-26-12-9-23;/h2-3,5-6,18H,4,7-15H2,1H3,(H2,20,21,22);1H. The molecule has 2 fully saturated rings. The fourth-order valence-electron chi connectivity index (χ4n) is 3.40. The third-order valence-corrected chi connectivity index (χ3v) is 6.84. The molecule has 8 nitrogen and oxygen atoms in total. The SMILES string of the molecule is CN=C(NCc1ccccc1CS(=O)(=O)N1CCOCC1)NCC1CCCO1.I. The highest BCUT2D eigenvalue weighted by Gasteiger charge is 2.25. The van der Waals surface area contributed by atoms with Gasteiger partial charge in [0.25, 0.3) is 0 Å². The van der Waals surface area contributed by atoms with Crippen molar-refractivity contribution in [1.29, 1.82) is 0 Å². The average molecular weight is 538 g/mol. The summed E-state index contributed by atoms with van der Waals surface area (Å²) in [7, 11) is -1.64. The normalized spacial score (nSPS) is 20.9. The van der Waals surface area contributed by atoms with Crippen LogP contribution in [0.2, 0.25) is 0 Å². The van der Waals surface area contributed by atoms with Gasteiger partial charge in [-0.1, -0.05) is 24.3 Å². The maximum atomic E-state index is 12.8. The number of hydrogen-bond acceptors (Lipinski definition) is 5. The van der Waals surface area contributed by atoms with Gasteiger partial charge >= 0.3 is 0 Å². The number of guanidine groups is 1. The first-order chi connectivity index (χ1) is 13.6. The molecule has 0 spiro atoms. The number of nitrogens with one attached hydrogen (secondary N) is 2. The second-order valence-electron chi connectivity index (χ2n) is 6.98. The van der Waals surface area contributed by atoms with Gasteiger partial charge in [-0.2, -0.15) is 4.31 Å². The van der Waals surface area contributed by atoms with E-state index in [0.717, 1.165) is 30.6 Å². The second-order valence-corrected chi connectivity index (χ2v) is 8.95. The molecule has 164 valence electrons. The Morgan fingerprint density at radius 3 is 2.55 bits per heavy atom. The fourth-order valence-corrected chi connectivity index (χ4v) is 4.96. The van der Waals surface area contributed by atoms with Gasteiger partial charge in [-0.15, -0.1) is 24.0 Å². The maximum Gasteiger partial charge on any atom is 0.218 e. The Morgan fingerprint density at radius 2 is 1.90 bits per heavy atom. The molecule has 2 heterocycles. The molecular weight excluding hydrogens is 507 g/mol. The number of benzene rings is 1. The number of hydrogen-bond donors (Lipinski definition) is 2. The van der Waals surface area contributed by atoms with E-state index < -0.39 is 10.0 Å². The first-order valence-corrected chi connectivity index (χ1v) is 11.4. The third-order valence-electron chi connectivity index (χ3n) is 5.01. The second kappa shape index (κ2) is 12.0. The topological polar surface area (TPSA) is 92.3 Å².